The van der Waals surface area contributed by atoms with Crippen LogP contribution in [0.5, 0.6) is 5.75 Å². The molecule has 0 spiro atoms. The molecule has 3 rings (SSSR count). The largest absolute Gasteiger partial charge is 0.494 e. The zero-order valence-corrected chi connectivity index (χ0v) is 16.6. The van der Waals surface area contributed by atoms with Crippen LogP contribution in [0.2, 0.25) is 0 Å². The molecule has 0 aliphatic heterocycles. The Morgan fingerprint density at radius 3 is 1.89 bits per heavy atom. The summed E-state index contributed by atoms with van der Waals surface area (Å²) in [5.74, 6) is 0.625. The topological polar surface area (TPSA) is 35.5 Å². The van der Waals surface area contributed by atoms with Crippen molar-refractivity contribution in [2.45, 2.75) is 33.3 Å². The molecule has 0 aliphatic carbocycles. The van der Waals surface area contributed by atoms with E-state index in [0.717, 1.165) is 41.0 Å². The summed E-state index contributed by atoms with van der Waals surface area (Å²) < 4.78 is 11.0. The maximum absolute atomic E-state index is 11.2. The molecule has 0 fully saturated rings. The molecule has 0 saturated carbocycles. The molecular formula is C25H26O3. The summed E-state index contributed by atoms with van der Waals surface area (Å²) in [7, 11) is 0. The first-order valence-electron chi connectivity index (χ1n) is 9.68. The van der Waals surface area contributed by atoms with Crippen molar-refractivity contribution in [3.05, 3.63) is 78.4 Å². The van der Waals surface area contributed by atoms with E-state index in [-0.39, 0.29) is 12.1 Å². The lowest BCUT2D eigenvalue weighted by Crippen LogP contribution is -2.04. The molecule has 0 amide bonds. The molecule has 0 aromatic heterocycles. The van der Waals surface area contributed by atoms with Gasteiger partial charge in [0, 0.05) is 6.92 Å². The number of hydrogen-bond acceptors (Lipinski definition) is 3. The Balaban J connectivity index is 1.87. The summed E-state index contributed by atoms with van der Waals surface area (Å²) in [5.41, 5.74) is 5.59. The van der Waals surface area contributed by atoms with Gasteiger partial charge in [-0.15, -0.1) is 0 Å². The second-order valence-electron chi connectivity index (χ2n) is 6.79. The Labute approximate surface area is 166 Å². The van der Waals surface area contributed by atoms with Crippen LogP contribution >= 0.6 is 0 Å². The van der Waals surface area contributed by atoms with Gasteiger partial charge in [-0.25, -0.2) is 0 Å². The number of hydrogen-bond donors (Lipinski definition) is 0. The van der Waals surface area contributed by atoms with Crippen molar-refractivity contribution in [3.63, 3.8) is 0 Å². The highest BCUT2D eigenvalue weighted by molar-refractivity contribution is 5.83. The van der Waals surface area contributed by atoms with Crippen LogP contribution in [0, 0.1) is 0 Å². The number of benzene rings is 3. The standard InChI is InChI=1S/C25H26O3/c1-4-17-27-23-15-13-22(14-16-23)25-8-6-5-7-24(25)21-11-9-20(10-12-21)18(2)28-19(3)26/h5-16,18H,4,17H2,1-3H3. The average Bonchev–Trinajstić information content (AvgIpc) is 2.72. The molecule has 0 N–H and O–H groups in total. The monoisotopic (exact) mass is 374 g/mol. The molecule has 3 aromatic carbocycles. The number of carbonyl (C=O) groups excluding carboxylic acids is 1. The Morgan fingerprint density at radius 2 is 1.39 bits per heavy atom. The zero-order valence-electron chi connectivity index (χ0n) is 16.6. The van der Waals surface area contributed by atoms with Gasteiger partial charge in [0.25, 0.3) is 0 Å². The van der Waals surface area contributed by atoms with Gasteiger partial charge in [0.15, 0.2) is 0 Å². The van der Waals surface area contributed by atoms with Crippen LogP contribution in [0.25, 0.3) is 22.3 Å². The number of rotatable bonds is 7. The van der Waals surface area contributed by atoms with Gasteiger partial charge in [-0.1, -0.05) is 67.6 Å². The molecule has 3 nitrogen and oxygen atoms in total. The first-order chi connectivity index (χ1) is 13.6. The van der Waals surface area contributed by atoms with Crippen LogP contribution in [0.3, 0.4) is 0 Å². The van der Waals surface area contributed by atoms with E-state index in [9.17, 15) is 4.79 Å². The highest BCUT2D eigenvalue weighted by Crippen LogP contribution is 2.33. The van der Waals surface area contributed by atoms with Gasteiger partial charge >= 0.3 is 5.97 Å². The second kappa shape index (κ2) is 9.23. The summed E-state index contributed by atoms with van der Waals surface area (Å²) in [6.45, 7) is 6.14. The number of esters is 1. The summed E-state index contributed by atoms with van der Waals surface area (Å²) in [6, 6.07) is 24.8. The molecule has 1 unspecified atom stereocenters. The zero-order chi connectivity index (χ0) is 19.9. The second-order valence-corrected chi connectivity index (χ2v) is 6.79. The molecule has 0 heterocycles. The van der Waals surface area contributed by atoms with Gasteiger partial charge in [0.05, 0.1) is 6.61 Å². The maximum Gasteiger partial charge on any atom is 0.303 e. The van der Waals surface area contributed by atoms with E-state index in [4.69, 9.17) is 9.47 Å². The van der Waals surface area contributed by atoms with Gasteiger partial charge < -0.3 is 9.47 Å². The average molecular weight is 374 g/mol. The van der Waals surface area contributed by atoms with E-state index in [0.29, 0.717) is 0 Å². The van der Waals surface area contributed by atoms with Crippen LogP contribution in [-0.2, 0) is 9.53 Å². The first-order valence-corrected chi connectivity index (χ1v) is 9.68. The third-order valence-corrected chi connectivity index (χ3v) is 4.60. The van der Waals surface area contributed by atoms with Crippen LogP contribution in [0.4, 0.5) is 0 Å². The Bertz CT molecular complexity index is 911. The normalized spacial score (nSPS) is 11.7. The predicted octanol–water partition coefficient (Wildman–Crippen LogP) is 6.43. The minimum absolute atomic E-state index is 0.252. The fourth-order valence-electron chi connectivity index (χ4n) is 3.19. The summed E-state index contributed by atoms with van der Waals surface area (Å²) in [5, 5.41) is 0. The lowest BCUT2D eigenvalue weighted by Gasteiger charge is -2.14. The van der Waals surface area contributed by atoms with Gasteiger partial charge in [-0.3, -0.25) is 4.79 Å². The van der Waals surface area contributed by atoms with Crippen molar-refractivity contribution >= 4 is 5.97 Å². The van der Waals surface area contributed by atoms with Crippen molar-refractivity contribution in [1.82, 2.24) is 0 Å². The fraction of sp³-hybridized carbons (Fsp3) is 0.240. The molecule has 144 valence electrons. The van der Waals surface area contributed by atoms with Crippen molar-refractivity contribution in [2.24, 2.45) is 0 Å². The Morgan fingerprint density at radius 1 is 0.857 bits per heavy atom. The quantitative estimate of drug-likeness (QED) is 0.447. The minimum atomic E-state index is -0.270. The molecule has 0 saturated heterocycles. The lowest BCUT2D eigenvalue weighted by molar-refractivity contribution is -0.145. The van der Waals surface area contributed by atoms with Crippen LogP contribution in [0.15, 0.2) is 72.8 Å². The van der Waals surface area contributed by atoms with Crippen LogP contribution in [-0.4, -0.2) is 12.6 Å². The third kappa shape index (κ3) is 4.80. The van der Waals surface area contributed by atoms with E-state index >= 15 is 0 Å². The molecule has 0 aliphatic rings. The summed E-state index contributed by atoms with van der Waals surface area (Å²) >= 11 is 0. The summed E-state index contributed by atoms with van der Waals surface area (Å²) in [6.07, 6.45) is 0.744. The van der Waals surface area contributed by atoms with E-state index in [1.165, 1.54) is 12.5 Å². The first kappa shape index (κ1) is 19.7. The molecule has 3 heteroatoms. The van der Waals surface area contributed by atoms with Gasteiger partial charge in [-0.05, 0) is 53.3 Å². The third-order valence-electron chi connectivity index (χ3n) is 4.60. The van der Waals surface area contributed by atoms with Crippen molar-refractivity contribution < 1.29 is 14.3 Å². The SMILES string of the molecule is CCCOc1ccc(-c2ccccc2-c2ccc(C(C)OC(C)=O)cc2)cc1. The van der Waals surface area contributed by atoms with Crippen molar-refractivity contribution in [1.29, 1.82) is 0 Å². The van der Waals surface area contributed by atoms with Crippen LogP contribution in [0.1, 0.15) is 38.9 Å². The van der Waals surface area contributed by atoms with Crippen LogP contribution < -0.4 is 4.74 Å². The van der Waals surface area contributed by atoms with Crippen molar-refractivity contribution in [3.8, 4) is 28.0 Å². The van der Waals surface area contributed by atoms with Gasteiger partial charge in [-0.2, -0.15) is 0 Å². The fourth-order valence-corrected chi connectivity index (χ4v) is 3.19. The van der Waals surface area contributed by atoms with E-state index in [1.54, 1.807) is 0 Å². The molecular weight excluding hydrogens is 348 g/mol. The number of ether oxygens (including phenoxy) is 2. The predicted molar refractivity (Wildman–Crippen MR) is 113 cm³/mol. The highest BCUT2D eigenvalue weighted by atomic mass is 16.5. The highest BCUT2D eigenvalue weighted by Gasteiger charge is 2.11. The Hall–Kier alpha value is -3.07. The van der Waals surface area contributed by atoms with Gasteiger partial charge in [0.2, 0.25) is 0 Å². The minimum Gasteiger partial charge on any atom is -0.494 e. The van der Waals surface area contributed by atoms with E-state index in [1.807, 2.05) is 37.3 Å². The number of carbonyl (C=O) groups is 1. The maximum atomic E-state index is 11.2. The molecule has 1 atom stereocenters. The van der Waals surface area contributed by atoms with Crippen molar-refractivity contribution in [2.75, 3.05) is 6.61 Å². The molecule has 3 aromatic rings. The lowest BCUT2D eigenvalue weighted by atomic mass is 9.94. The summed E-state index contributed by atoms with van der Waals surface area (Å²) in [4.78, 5) is 11.2. The molecule has 28 heavy (non-hydrogen) atoms. The van der Waals surface area contributed by atoms with E-state index in [2.05, 4.69) is 49.4 Å². The van der Waals surface area contributed by atoms with Gasteiger partial charge in [0.1, 0.15) is 11.9 Å². The molecule has 0 radical (unpaired) electrons. The van der Waals surface area contributed by atoms with E-state index < -0.39 is 0 Å². The Kier molecular flexibility index (Phi) is 6.49. The molecule has 0 bridgehead atoms. The smallest absolute Gasteiger partial charge is 0.303 e.